The van der Waals surface area contributed by atoms with Crippen molar-refractivity contribution in [3.05, 3.63) is 45.3 Å². The number of hydrogen-bond acceptors (Lipinski definition) is 5. The van der Waals surface area contributed by atoms with Crippen molar-refractivity contribution in [2.75, 3.05) is 26.2 Å². The van der Waals surface area contributed by atoms with Crippen LogP contribution in [0.4, 0.5) is 0 Å². The minimum absolute atomic E-state index is 0.124. The number of carbonyl (C=O) groups excluding carboxylic acids is 1. The second kappa shape index (κ2) is 7.56. The minimum atomic E-state index is -0.173. The van der Waals surface area contributed by atoms with Gasteiger partial charge in [0, 0.05) is 36.4 Å². The first kappa shape index (κ1) is 18.4. The molecule has 6 nitrogen and oxygen atoms in total. The van der Waals surface area contributed by atoms with Crippen LogP contribution in [0, 0.1) is 11.8 Å². The molecule has 0 aliphatic carbocycles. The molecule has 2 aromatic heterocycles. The highest BCUT2D eigenvalue weighted by atomic mass is 32.1. The molecule has 2 aromatic rings. The molecule has 1 N–H and O–H groups in total. The quantitative estimate of drug-likeness (QED) is 0.857. The second-order valence-electron chi connectivity index (χ2n) is 7.93. The minimum Gasteiger partial charge on any atom is -0.352 e. The summed E-state index contributed by atoms with van der Waals surface area (Å²) in [6.07, 6.45) is 5.90. The Hall–Kier alpha value is -1.99. The number of nitrogens with one attached hydrogen (secondary N) is 1. The van der Waals surface area contributed by atoms with Gasteiger partial charge in [0.05, 0.1) is 5.56 Å². The van der Waals surface area contributed by atoms with Crippen LogP contribution in [0.2, 0.25) is 0 Å². The lowest BCUT2D eigenvalue weighted by atomic mass is 9.79. The number of amides is 1. The lowest BCUT2D eigenvalue weighted by molar-refractivity contribution is 0.0496. The molecule has 7 heteroatoms. The van der Waals surface area contributed by atoms with Crippen LogP contribution in [0.1, 0.15) is 47.8 Å². The highest BCUT2D eigenvalue weighted by Gasteiger charge is 2.34. The van der Waals surface area contributed by atoms with Gasteiger partial charge >= 0.3 is 0 Å². The summed E-state index contributed by atoms with van der Waals surface area (Å²) in [6.45, 7) is 8.38. The van der Waals surface area contributed by atoms with E-state index >= 15 is 0 Å². The van der Waals surface area contributed by atoms with E-state index in [9.17, 15) is 9.59 Å². The average molecular weight is 387 g/mol. The summed E-state index contributed by atoms with van der Waals surface area (Å²) in [4.78, 5) is 32.9. The number of thiazole rings is 1. The van der Waals surface area contributed by atoms with Gasteiger partial charge in [-0.1, -0.05) is 13.8 Å². The van der Waals surface area contributed by atoms with E-state index in [0.29, 0.717) is 29.1 Å². The van der Waals surface area contributed by atoms with Crippen molar-refractivity contribution in [3.8, 4) is 5.13 Å². The Balaban J connectivity index is 1.47. The van der Waals surface area contributed by atoms with Gasteiger partial charge in [-0.05, 0) is 49.8 Å². The molecule has 1 atom stereocenters. The van der Waals surface area contributed by atoms with Crippen molar-refractivity contribution in [2.45, 2.75) is 32.6 Å². The van der Waals surface area contributed by atoms with Gasteiger partial charge in [-0.25, -0.2) is 4.98 Å². The van der Waals surface area contributed by atoms with E-state index < -0.39 is 0 Å². The second-order valence-corrected chi connectivity index (χ2v) is 8.97. The van der Waals surface area contributed by atoms with Gasteiger partial charge in [0.1, 0.15) is 0 Å². The molecule has 27 heavy (non-hydrogen) atoms. The molecule has 3 saturated heterocycles. The van der Waals surface area contributed by atoms with Crippen LogP contribution in [0.15, 0.2) is 29.3 Å². The number of hydrogen-bond donors (Lipinski definition) is 1. The number of rotatable bonds is 5. The number of pyridine rings is 1. The Bertz CT molecular complexity index is 880. The fourth-order valence-electron chi connectivity index (χ4n) is 4.07. The summed E-state index contributed by atoms with van der Waals surface area (Å²) in [7, 11) is 0. The van der Waals surface area contributed by atoms with Gasteiger partial charge in [0.15, 0.2) is 5.13 Å². The fourth-order valence-corrected chi connectivity index (χ4v) is 4.97. The molecule has 2 bridgehead atoms. The third-order valence-corrected chi connectivity index (χ3v) is 7.07. The number of fused-ring (bicyclic) bond motifs is 3. The number of nitrogens with zero attached hydrogens (tertiary/aromatic N) is 3. The molecule has 5 heterocycles. The topological polar surface area (TPSA) is 67.2 Å². The van der Waals surface area contributed by atoms with Gasteiger partial charge in [-0.2, -0.15) is 0 Å². The number of aromatic nitrogens is 2. The maximum absolute atomic E-state index is 12.6. The van der Waals surface area contributed by atoms with Crippen molar-refractivity contribution in [1.82, 2.24) is 19.8 Å². The highest BCUT2D eigenvalue weighted by Crippen LogP contribution is 2.31. The third-order valence-electron chi connectivity index (χ3n) is 5.78. The van der Waals surface area contributed by atoms with Gasteiger partial charge in [0.2, 0.25) is 0 Å². The van der Waals surface area contributed by atoms with Crippen LogP contribution in [0.5, 0.6) is 0 Å². The largest absolute Gasteiger partial charge is 0.352 e. The van der Waals surface area contributed by atoms with Crippen LogP contribution in [-0.2, 0) is 0 Å². The molecule has 1 unspecified atom stereocenters. The Morgan fingerprint density at radius 1 is 1.33 bits per heavy atom. The van der Waals surface area contributed by atoms with E-state index in [1.165, 1.54) is 47.9 Å². The van der Waals surface area contributed by atoms with E-state index in [1.807, 2.05) is 0 Å². The third kappa shape index (κ3) is 3.84. The Morgan fingerprint density at radius 3 is 2.74 bits per heavy atom. The fraction of sp³-hybridized carbons (Fsp3) is 0.550. The van der Waals surface area contributed by atoms with E-state index in [-0.39, 0.29) is 11.5 Å². The summed E-state index contributed by atoms with van der Waals surface area (Å²) < 4.78 is 1.47. The molecular formula is C20H26N4O2S. The summed E-state index contributed by atoms with van der Waals surface area (Å²) in [5.74, 6) is 1.50. The molecule has 0 radical (unpaired) electrons. The Morgan fingerprint density at radius 2 is 2.11 bits per heavy atom. The molecule has 1 amide bonds. The van der Waals surface area contributed by atoms with Crippen LogP contribution < -0.4 is 10.9 Å². The van der Waals surface area contributed by atoms with E-state index in [0.717, 1.165) is 17.3 Å². The summed E-state index contributed by atoms with van der Waals surface area (Å²) >= 11 is 1.49. The van der Waals surface area contributed by atoms with E-state index in [1.54, 1.807) is 18.5 Å². The Kier molecular flexibility index (Phi) is 5.14. The maximum atomic E-state index is 12.6. The average Bonchev–Trinajstić information content (AvgIpc) is 3.18. The zero-order valence-electron chi connectivity index (χ0n) is 15.9. The zero-order valence-corrected chi connectivity index (χ0v) is 16.7. The monoisotopic (exact) mass is 386 g/mol. The van der Waals surface area contributed by atoms with Crippen molar-refractivity contribution in [3.63, 3.8) is 0 Å². The molecule has 0 saturated carbocycles. The predicted molar refractivity (Wildman–Crippen MR) is 107 cm³/mol. The molecule has 3 aliphatic rings. The molecular weight excluding hydrogens is 360 g/mol. The van der Waals surface area contributed by atoms with Crippen molar-refractivity contribution < 1.29 is 4.79 Å². The zero-order chi connectivity index (χ0) is 19.0. The molecule has 5 rings (SSSR count). The van der Waals surface area contributed by atoms with Crippen LogP contribution in [0.3, 0.4) is 0 Å². The van der Waals surface area contributed by atoms with Crippen LogP contribution in [-0.4, -0.2) is 46.5 Å². The normalized spacial score (nSPS) is 24.3. The lowest BCUT2D eigenvalue weighted by Gasteiger charge is -2.44. The molecule has 0 spiro atoms. The lowest BCUT2D eigenvalue weighted by Crippen LogP contribution is -2.50. The standard InChI is InChI=1S/C20H26N4O2S/c1-13(2)17-10-22-20(27-17)24-12-15(3-4-18(24)25)19(26)21-9-16-11-23-7-5-14(16)6-8-23/h3-4,10,12-14,16H,5-9,11H2,1-2H3,(H,21,26). The first-order valence-electron chi connectivity index (χ1n) is 9.70. The summed E-state index contributed by atoms with van der Waals surface area (Å²) in [6, 6.07) is 3.04. The molecule has 0 aromatic carbocycles. The Labute approximate surface area is 163 Å². The molecule has 3 aliphatic heterocycles. The molecule has 3 fully saturated rings. The summed E-state index contributed by atoms with van der Waals surface area (Å²) in [5, 5.41) is 3.68. The first-order valence-corrected chi connectivity index (χ1v) is 10.5. The van der Waals surface area contributed by atoms with Crippen molar-refractivity contribution in [2.24, 2.45) is 11.8 Å². The van der Waals surface area contributed by atoms with Crippen molar-refractivity contribution in [1.29, 1.82) is 0 Å². The summed E-state index contributed by atoms with van der Waals surface area (Å²) in [5.41, 5.74) is 0.325. The van der Waals surface area contributed by atoms with Gasteiger partial charge < -0.3 is 10.2 Å². The predicted octanol–water partition coefficient (Wildman–Crippen LogP) is 2.49. The number of carbonyl (C=O) groups is 1. The molecule has 144 valence electrons. The smallest absolute Gasteiger partial charge is 0.256 e. The van der Waals surface area contributed by atoms with Gasteiger partial charge in [0.25, 0.3) is 11.5 Å². The van der Waals surface area contributed by atoms with Crippen molar-refractivity contribution >= 4 is 17.2 Å². The maximum Gasteiger partial charge on any atom is 0.256 e. The SMILES string of the molecule is CC(C)c1cnc(-n2cc(C(=O)NCC3CN4CCC3CC4)ccc2=O)s1. The van der Waals surface area contributed by atoms with Gasteiger partial charge in [-0.15, -0.1) is 11.3 Å². The van der Waals surface area contributed by atoms with Gasteiger partial charge in [-0.3, -0.25) is 14.2 Å². The number of piperidine rings is 3. The first-order chi connectivity index (χ1) is 13.0. The van der Waals surface area contributed by atoms with E-state index in [4.69, 9.17) is 0 Å². The van der Waals surface area contributed by atoms with E-state index in [2.05, 4.69) is 29.0 Å². The highest BCUT2D eigenvalue weighted by molar-refractivity contribution is 7.14. The van der Waals surface area contributed by atoms with Crippen LogP contribution >= 0.6 is 11.3 Å². The van der Waals surface area contributed by atoms with Crippen LogP contribution in [0.25, 0.3) is 5.13 Å².